The number of hydrogen-bond acceptors (Lipinski definition) is 4. The third-order valence-corrected chi connectivity index (χ3v) is 4.94. The molecule has 1 aliphatic rings. The Balaban J connectivity index is 1.61. The molecule has 3 aromatic heterocycles. The Labute approximate surface area is 156 Å². The van der Waals surface area contributed by atoms with E-state index in [1.54, 1.807) is 13.1 Å². The highest BCUT2D eigenvalue weighted by molar-refractivity contribution is 5.93. The molecular formula is C20H21FN6. The van der Waals surface area contributed by atoms with Gasteiger partial charge in [-0.3, -0.25) is 0 Å². The van der Waals surface area contributed by atoms with Crippen molar-refractivity contribution in [2.24, 2.45) is 12.0 Å². The molecule has 0 aliphatic heterocycles. The fourth-order valence-corrected chi connectivity index (χ4v) is 3.19. The highest BCUT2D eigenvalue weighted by atomic mass is 19.1. The maximum absolute atomic E-state index is 14.1. The first-order valence-electron chi connectivity index (χ1n) is 8.97. The van der Waals surface area contributed by atoms with Crippen molar-refractivity contribution in [1.29, 1.82) is 0 Å². The molecule has 138 valence electrons. The summed E-state index contributed by atoms with van der Waals surface area (Å²) in [5, 5.41) is 3.93. The van der Waals surface area contributed by atoms with Gasteiger partial charge in [0.05, 0.1) is 6.54 Å². The Bertz CT molecular complexity index is 1110. The first kappa shape index (κ1) is 17.3. The summed E-state index contributed by atoms with van der Waals surface area (Å²) in [6.07, 6.45) is 7.84. The number of nitrogens with one attached hydrogen (secondary N) is 2. The van der Waals surface area contributed by atoms with E-state index in [0.29, 0.717) is 18.8 Å². The summed E-state index contributed by atoms with van der Waals surface area (Å²) in [7, 11) is 1.93. The summed E-state index contributed by atoms with van der Waals surface area (Å²) >= 11 is 0. The molecule has 0 bridgehead atoms. The number of pyridine rings is 1. The van der Waals surface area contributed by atoms with Gasteiger partial charge in [-0.2, -0.15) is 9.98 Å². The number of aromatic amines is 1. The van der Waals surface area contributed by atoms with Crippen molar-refractivity contribution in [3.8, 4) is 23.1 Å². The molecule has 0 atom stereocenters. The fraction of sp³-hybridized carbons (Fsp3) is 0.350. The number of anilines is 1. The van der Waals surface area contributed by atoms with Gasteiger partial charge in [-0.05, 0) is 38.3 Å². The monoisotopic (exact) mass is 364 g/mol. The highest BCUT2D eigenvalue weighted by Crippen LogP contribution is 2.35. The Morgan fingerprint density at radius 3 is 2.96 bits per heavy atom. The van der Waals surface area contributed by atoms with Crippen LogP contribution in [0.15, 0.2) is 35.7 Å². The molecule has 0 saturated heterocycles. The lowest BCUT2D eigenvalue weighted by Gasteiger charge is -2.33. The van der Waals surface area contributed by atoms with E-state index in [4.69, 9.17) is 0 Å². The summed E-state index contributed by atoms with van der Waals surface area (Å²) in [4.78, 5) is 16.2. The third-order valence-electron chi connectivity index (χ3n) is 4.94. The van der Waals surface area contributed by atoms with Crippen LogP contribution < -0.4 is 10.8 Å². The zero-order valence-corrected chi connectivity index (χ0v) is 15.4. The average molecular weight is 364 g/mol. The molecule has 6 nitrogen and oxygen atoms in total. The van der Waals surface area contributed by atoms with Crippen LogP contribution in [-0.2, 0) is 7.05 Å². The number of fused-ring (bicyclic) bond motifs is 1. The van der Waals surface area contributed by atoms with Gasteiger partial charge in [-0.1, -0.05) is 5.92 Å². The zero-order valence-electron chi connectivity index (χ0n) is 15.4. The van der Waals surface area contributed by atoms with Crippen LogP contribution in [0, 0.1) is 12.0 Å². The number of aryl methyl sites for hydroxylation is 1. The topological polar surface area (TPSA) is 70.9 Å². The van der Waals surface area contributed by atoms with Crippen molar-refractivity contribution in [1.82, 2.24) is 19.5 Å². The summed E-state index contributed by atoms with van der Waals surface area (Å²) in [6.45, 7) is 2.01. The predicted octanol–water partition coefficient (Wildman–Crippen LogP) is 3.15. The minimum atomic E-state index is -1.11. The lowest BCUT2D eigenvalue weighted by atomic mass is 9.82. The maximum atomic E-state index is 14.1. The van der Waals surface area contributed by atoms with E-state index in [0.717, 1.165) is 34.1 Å². The second kappa shape index (κ2) is 6.88. The molecule has 0 spiro atoms. The summed E-state index contributed by atoms with van der Waals surface area (Å²) in [5.41, 5.74) is 2.42. The summed E-state index contributed by atoms with van der Waals surface area (Å²) in [6, 6.07) is 6.64. The van der Waals surface area contributed by atoms with Crippen molar-refractivity contribution in [2.75, 3.05) is 11.9 Å². The molecule has 1 aliphatic carbocycles. The van der Waals surface area contributed by atoms with Crippen LogP contribution >= 0.6 is 0 Å². The van der Waals surface area contributed by atoms with Crippen LogP contribution in [-0.4, -0.2) is 31.7 Å². The van der Waals surface area contributed by atoms with E-state index in [1.165, 1.54) is 0 Å². The Morgan fingerprint density at radius 2 is 2.26 bits per heavy atom. The number of alkyl halides is 1. The SMILES string of the molecule is CC#CN=c1ccc(-c2c[nH]c3nc(NCC4(F)CCC4)ncc23)cn1C. The molecule has 0 radical (unpaired) electrons. The molecule has 0 aromatic carbocycles. The second-order valence-corrected chi connectivity index (χ2v) is 6.88. The number of aromatic nitrogens is 4. The third kappa shape index (κ3) is 3.43. The smallest absolute Gasteiger partial charge is 0.224 e. The van der Waals surface area contributed by atoms with Crippen molar-refractivity contribution in [3.05, 3.63) is 36.2 Å². The molecule has 0 amide bonds. The number of hydrogen-bond donors (Lipinski definition) is 2. The van der Waals surface area contributed by atoms with Gasteiger partial charge < -0.3 is 14.9 Å². The quantitative estimate of drug-likeness (QED) is 0.699. The van der Waals surface area contributed by atoms with E-state index in [2.05, 4.69) is 37.2 Å². The van der Waals surface area contributed by atoms with Gasteiger partial charge in [0.15, 0.2) is 0 Å². The molecule has 3 heterocycles. The van der Waals surface area contributed by atoms with E-state index in [9.17, 15) is 4.39 Å². The number of halogens is 1. The molecule has 3 aromatic rings. The van der Waals surface area contributed by atoms with Gasteiger partial charge in [0.25, 0.3) is 0 Å². The minimum Gasteiger partial charge on any atom is -0.351 e. The van der Waals surface area contributed by atoms with Gasteiger partial charge in [0.1, 0.15) is 16.8 Å². The van der Waals surface area contributed by atoms with E-state index in [1.807, 2.05) is 36.1 Å². The van der Waals surface area contributed by atoms with Gasteiger partial charge in [0.2, 0.25) is 5.95 Å². The van der Waals surface area contributed by atoms with Crippen molar-refractivity contribution in [2.45, 2.75) is 31.9 Å². The second-order valence-electron chi connectivity index (χ2n) is 6.88. The first-order valence-corrected chi connectivity index (χ1v) is 8.97. The van der Waals surface area contributed by atoms with E-state index >= 15 is 0 Å². The molecule has 0 unspecified atom stereocenters. The first-order chi connectivity index (χ1) is 13.1. The number of nitrogens with zero attached hydrogens (tertiary/aromatic N) is 4. The summed E-state index contributed by atoms with van der Waals surface area (Å²) in [5.74, 6) is 3.20. The van der Waals surface area contributed by atoms with Gasteiger partial charge >= 0.3 is 0 Å². The summed E-state index contributed by atoms with van der Waals surface area (Å²) < 4.78 is 16.1. The van der Waals surface area contributed by atoms with Crippen LogP contribution in [0.3, 0.4) is 0 Å². The van der Waals surface area contributed by atoms with Gasteiger partial charge in [-0.15, -0.1) is 0 Å². The number of H-pyrrole nitrogens is 1. The molecule has 1 fully saturated rings. The standard InChI is InChI=1S/C20H21FN6/c1-3-9-22-17-6-5-14(12-27(17)2)15-10-23-18-16(15)11-24-19(26-18)25-13-20(21)7-4-8-20/h5-6,10-12H,4,7-8,13H2,1-2H3,(H2,23,24,25,26). The van der Waals surface area contributed by atoms with Crippen LogP contribution in [0.5, 0.6) is 0 Å². The zero-order chi connectivity index (χ0) is 18.9. The van der Waals surface area contributed by atoms with Crippen LogP contribution in [0.2, 0.25) is 0 Å². The molecular weight excluding hydrogens is 343 g/mol. The normalized spacial score (nSPS) is 15.9. The van der Waals surface area contributed by atoms with Gasteiger partial charge in [-0.25, -0.2) is 9.37 Å². The highest BCUT2D eigenvalue weighted by Gasteiger charge is 2.36. The van der Waals surface area contributed by atoms with Crippen LogP contribution in [0.25, 0.3) is 22.2 Å². The lowest BCUT2D eigenvalue weighted by Crippen LogP contribution is -2.39. The molecule has 27 heavy (non-hydrogen) atoms. The molecule has 2 N–H and O–H groups in total. The largest absolute Gasteiger partial charge is 0.351 e. The average Bonchev–Trinajstić information content (AvgIpc) is 3.07. The van der Waals surface area contributed by atoms with Crippen molar-refractivity contribution >= 4 is 17.0 Å². The molecule has 7 heteroatoms. The maximum Gasteiger partial charge on any atom is 0.224 e. The Hall–Kier alpha value is -3.14. The van der Waals surface area contributed by atoms with E-state index < -0.39 is 5.67 Å². The van der Waals surface area contributed by atoms with Crippen molar-refractivity contribution in [3.63, 3.8) is 0 Å². The Morgan fingerprint density at radius 1 is 1.41 bits per heavy atom. The minimum absolute atomic E-state index is 0.257. The predicted molar refractivity (Wildman–Crippen MR) is 103 cm³/mol. The number of rotatable bonds is 4. The molecule has 4 rings (SSSR count). The fourth-order valence-electron chi connectivity index (χ4n) is 3.19. The van der Waals surface area contributed by atoms with E-state index in [-0.39, 0.29) is 6.54 Å². The van der Waals surface area contributed by atoms with Crippen LogP contribution in [0.4, 0.5) is 10.3 Å². The van der Waals surface area contributed by atoms with Gasteiger partial charge in [0, 0.05) is 48.2 Å². The lowest BCUT2D eigenvalue weighted by molar-refractivity contribution is 0.0782. The molecule has 1 saturated carbocycles. The van der Waals surface area contributed by atoms with Crippen LogP contribution in [0.1, 0.15) is 26.2 Å². The van der Waals surface area contributed by atoms with Crippen molar-refractivity contribution < 1.29 is 4.39 Å². The Kier molecular flexibility index (Phi) is 4.40.